The van der Waals surface area contributed by atoms with Crippen molar-refractivity contribution in [3.8, 4) is 0 Å². The Bertz CT molecular complexity index is 349. The molecule has 2 rings (SSSR count). The van der Waals surface area contributed by atoms with Crippen molar-refractivity contribution in [3.63, 3.8) is 0 Å². The minimum Gasteiger partial charge on any atom is -0.356 e. The van der Waals surface area contributed by atoms with Crippen molar-refractivity contribution < 1.29 is 0 Å². The zero-order valence-corrected chi connectivity index (χ0v) is 9.53. The van der Waals surface area contributed by atoms with E-state index in [1.807, 2.05) is 0 Å². The molecule has 1 atom stereocenters. The first-order valence-corrected chi connectivity index (χ1v) is 5.60. The van der Waals surface area contributed by atoms with Crippen LogP contribution in [0.15, 0.2) is 12.1 Å². The van der Waals surface area contributed by atoms with Crippen molar-refractivity contribution in [1.29, 1.82) is 0 Å². The molecule has 0 amide bonds. The van der Waals surface area contributed by atoms with Crippen LogP contribution >= 0.6 is 0 Å². The molecule has 0 saturated carbocycles. The second-order valence-corrected chi connectivity index (χ2v) is 4.41. The highest BCUT2D eigenvalue weighted by Gasteiger charge is 2.22. The summed E-state index contributed by atoms with van der Waals surface area (Å²) in [5.41, 5.74) is 8.07. The van der Waals surface area contributed by atoms with Crippen molar-refractivity contribution in [1.82, 2.24) is 4.98 Å². The maximum atomic E-state index is 5.68. The van der Waals surface area contributed by atoms with E-state index in [-0.39, 0.29) is 0 Å². The molecule has 2 heterocycles. The van der Waals surface area contributed by atoms with E-state index in [0.29, 0.717) is 5.92 Å². The summed E-state index contributed by atoms with van der Waals surface area (Å²) in [6.07, 6.45) is 1.20. The van der Waals surface area contributed by atoms with Crippen LogP contribution in [0.1, 0.15) is 17.7 Å². The van der Waals surface area contributed by atoms with Crippen LogP contribution < -0.4 is 10.6 Å². The lowest BCUT2D eigenvalue weighted by atomic mass is 10.1. The molecule has 3 heteroatoms. The number of anilines is 1. The largest absolute Gasteiger partial charge is 0.356 e. The van der Waals surface area contributed by atoms with Gasteiger partial charge in [0, 0.05) is 18.8 Å². The molecule has 1 fully saturated rings. The van der Waals surface area contributed by atoms with Gasteiger partial charge in [-0.15, -0.1) is 0 Å². The van der Waals surface area contributed by atoms with Gasteiger partial charge in [-0.05, 0) is 44.4 Å². The van der Waals surface area contributed by atoms with Crippen LogP contribution in [0, 0.1) is 19.8 Å². The Kier molecular flexibility index (Phi) is 2.91. The standard InChI is InChI=1S/C12H19N3/c1-9-3-4-12(14-10(9)2)15-6-5-11(7-13)8-15/h3-4,11H,5-8,13H2,1-2H3. The van der Waals surface area contributed by atoms with E-state index < -0.39 is 0 Å². The predicted octanol–water partition coefficient (Wildman–Crippen LogP) is 1.48. The summed E-state index contributed by atoms with van der Waals surface area (Å²) in [6, 6.07) is 4.26. The fraction of sp³-hybridized carbons (Fsp3) is 0.583. The van der Waals surface area contributed by atoms with Gasteiger partial charge in [0.15, 0.2) is 0 Å². The zero-order valence-electron chi connectivity index (χ0n) is 9.53. The fourth-order valence-electron chi connectivity index (χ4n) is 2.03. The van der Waals surface area contributed by atoms with Gasteiger partial charge in [-0.3, -0.25) is 0 Å². The van der Waals surface area contributed by atoms with E-state index in [9.17, 15) is 0 Å². The topological polar surface area (TPSA) is 42.1 Å². The van der Waals surface area contributed by atoms with Crippen LogP contribution in [0.25, 0.3) is 0 Å². The van der Waals surface area contributed by atoms with Crippen LogP contribution in [-0.2, 0) is 0 Å². The molecule has 1 aromatic heterocycles. The van der Waals surface area contributed by atoms with Gasteiger partial charge in [0.1, 0.15) is 5.82 Å². The van der Waals surface area contributed by atoms with Crippen LogP contribution in [0.5, 0.6) is 0 Å². The highest BCUT2D eigenvalue weighted by molar-refractivity contribution is 5.42. The summed E-state index contributed by atoms with van der Waals surface area (Å²) >= 11 is 0. The number of aryl methyl sites for hydroxylation is 2. The summed E-state index contributed by atoms with van der Waals surface area (Å²) < 4.78 is 0. The molecule has 0 bridgehead atoms. The molecule has 3 nitrogen and oxygen atoms in total. The number of hydrogen-bond acceptors (Lipinski definition) is 3. The lowest BCUT2D eigenvalue weighted by molar-refractivity contribution is 0.602. The second kappa shape index (κ2) is 4.19. The smallest absolute Gasteiger partial charge is 0.128 e. The van der Waals surface area contributed by atoms with E-state index in [2.05, 4.69) is 35.9 Å². The first-order chi connectivity index (χ1) is 7.20. The summed E-state index contributed by atoms with van der Waals surface area (Å²) in [4.78, 5) is 6.95. The Hall–Kier alpha value is -1.09. The highest BCUT2D eigenvalue weighted by Crippen LogP contribution is 2.22. The van der Waals surface area contributed by atoms with E-state index >= 15 is 0 Å². The first kappa shape index (κ1) is 10.4. The molecule has 1 aromatic rings. The van der Waals surface area contributed by atoms with E-state index in [1.165, 1.54) is 12.0 Å². The maximum Gasteiger partial charge on any atom is 0.128 e. The fourth-order valence-corrected chi connectivity index (χ4v) is 2.03. The Morgan fingerprint density at radius 3 is 2.87 bits per heavy atom. The van der Waals surface area contributed by atoms with Crippen molar-refractivity contribution >= 4 is 5.82 Å². The number of nitrogens with zero attached hydrogens (tertiary/aromatic N) is 2. The molecule has 0 aliphatic carbocycles. The molecule has 0 spiro atoms. The molecular formula is C12H19N3. The number of aromatic nitrogens is 1. The van der Waals surface area contributed by atoms with Crippen molar-refractivity contribution in [2.45, 2.75) is 20.3 Å². The normalized spacial score (nSPS) is 21.0. The van der Waals surface area contributed by atoms with Gasteiger partial charge in [0.25, 0.3) is 0 Å². The lowest BCUT2D eigenvalue weighted by Gasteiger charge is -2.18. The van der Waals surface area contributed by atoms with Gasteiger partial charge in [-0.25, -0.2) is 4.98 Å². The van der Waals surface area contributed by atoms with Gasteiger partial charge in [-0.2, -0.15) is 0 Å². The quantitative estimate of drug-likeness (QED) is 0.795. The van der Waals surface area contributed by atoms with Gasteiger partial charge in [-0.1, -0.05) is 6.07 Å². The van der Waals surface area contributed by atoms with E-state index in [1.54, 1.807) is 0 Å². The van der Waals surface area contributed by atoms with Crippen LogP contribution in [0.2, 0.25) is 0 Å². The average molecular weight is 205 g/mol. The number of hydrogen-bond donors (Lipinski definition) is 1. The van der Waals surface area contributed by atoms with Crippen molar-refractivity contribution in [3.05, 3.63) is 23.4 Å². The summed E-state index contributed by atoms with van der Waals surface area (Å²) in [5.74, 6) is 1.75. The van der Waals surface area contributed by atoms with Crippen LogP contribution in [0.4, 0.5) is 5.82 Å². The summed E-state index contributed by atoms with van der Waals surface area (Å²) in [5, 5.41) is 0. The molecule has 15 heavy (non-hydrogen) atoms. The van der Waals surface area contributed by atoms with Crippen molar-refractivity contribution in [2.24, 2.45) is 11.7 Å². The minimum absolute atomic E-state index is 0.647. The number of nitrogens with two attached hydrogens (primary N) is 1. The molecule has 1 aliphatic rings. The molecular weight excluding hydrogens is 186 g/mol. The van der Waals surface area contributed by atoms with Gasteiger partial charge < -0.3 is 10.6 Å². The minimum atomic E-state index is 0.647. The second-order valence-electron chi connectivity index (χ2n) is 4.41. The third-order valence-electron chi connectivity index (χ3n) is 3.28. The first-order valence-electron chi connectivity index (χ1n) is 5.60. The SMILES string of the molecule is Cc1ccc(N2CCC(CN)C2)nc1C. The van der Waals surface area contributed by atoms with Crippen LogP contribution in [0.3, 0.4) is 0 Å². The average Bonchev–Trinajstić information content (AvgIpc) is 2.70. The Labute approximate surface area is 91.3 Å². The third-order valence-corrected chi connectivity index (χ3v) is 3.28. The molecule has 0 aromatic carbocycles. The van der Waals surface area contributed by atoms with Crippen LogP contribution in [-0.4, -0.2) is 24.6 Å². The zero-order chi connectivity index (χ0) is 10.8. The maximum absolute atomic E-state index is 5.68. The van der Waals surface area contributed by atoms with Gasteiger partial charge >= 0.3 is 0 Å². The monoisotopic (exact) mass is 205 g/mol. The third kappa shape index (κ3) is 2.12. The Morgan fingerprint density at radius 1 is 1.47 bits per heavy atom. The number of rotatable bonds is 2. The summed E-state index contributed by atoms with van der Waals surface area (Å²) in [6.45, 7) is 7.11. The lowest BCUT2D eigenvalue weighted by Crippen LogP contribution is -2.23. The van der Waals surface area contributed by atoms with Gasteiger partial charge in [0.05, 0.1) is 0 Å². The summed E-state index contributed by atoms with van der Waals surface area (Å²) in [7, 11) is 0. The number of pyridine rings is 1. The molecule has 1 saturated heterocycles. The molecule has 1 unspecified atom stereocenters. The molecule has 2 N–H and O–H groups in total. The molecule has 1 aliphatic heterocycles. The van der Waals surface area contributed by atoms with Crippen molar-refractivity contribution in [2.75, 3.05) is 24.5 Å². The predicted molar refractivity (Wildman–Crippen MR) is 63.1 cm³/mol. The molecule has 0 radical (unpaired) electrons. The Morgan fingerprint density at radius 2 is 2.27 bits per heavy atom. The highest BCUT2D eigenvalue weighted by atomic mass is 15.2. The Balaban J connectivity index is 2.13. The molecule has 82 valence electrons. The van der Waals surface area contributed by atoms with E-state index in [4.69, 9.17) is 5.73 Å². The van der Waals surface area contributed by atoms with E-state index in [0.717, 1.165) is 31.1 Å². The van der Waals surface area contributed by atoms with Gasteiger partial charge in [0.2, 0.25) is 0 Å².